The molecule has 0 radical (unpaired) electrons. The van der Waals surface area contributed by atoms with E-state index in [0.29, 0.717) is 6.54 Å². The summed E-state index contributed by atoms with van der Waals surface area (Å²) < 4.78 is 38.8. The van der Waals surface area contributed by atoms with Gasteiger partial charge in [0.15, 0.2) is 23.2 Å². The molecule has 7 atom stereocenters. The van der Waals surface area contributed by atoms with Crippen LogP contribution in [0.3, 0.4) is 0 Å². The van der Waals surface area contributed by atoms with Crippen molar-refractivity contribution < 1.29 is 57.4 Å². The van der Waals surface area contributed by atoms with E-state index in [2.05, 4.69) is 34.4 Å². The third-order valence-corrected chi connectivity index (χ3v) is 8.00. The molecule has 206 valence electrons. The predicted octanol–water partition coefficient (Wildman–Crippen LogP) is -2.95. The third kappa shape index (κ3) is 7.05. The third-order valence-electron chi connectivity index (χ3n) is 4.90. The highest BCUT2D eigenvalue weighted by Gasteiger charge is 2.45. The fourth-order valence-corrected chi connectivity index (χ4v) is 5.87. The van der Waals surface area contributed by atoms with Crippen molar-refractivity contribution in [3.8, 4) is 0 Å². The van der Waals surface area contributed by atoms with Crippen molar-refractivity contribution in [2.75, 3.05) is 24.6 Å². The lowest BCUT2D eigenvalue weighted by Crippen LogP contribution is -2.36. The van der Waals surface area contributed by atoms with Crippen molar-refractivity contribution >= 4 is 44.4 Å². The molecule has 0 aromatic carbocycles. The number of urea groups is 1. The van der Waals surface area contributed by atoms with Crippen LogP contribution in [0.2, 0.25) is 0 Å². The number of nitrogens with one attached hydrogen (secondary N) is 2. The molecule has 3 heterocycles. The Hall–Kier alpha value is -2.57. The summed E-state index contributed by atoms with van der Waals surface area (Å²) in [5.74, 6) is -1.66. The van der Waals surface area contributed by atoms with Crippen LogP contribution < -0.4 is 26.2 Å². The van der Waals surface area contributed by atoms with E-state index in [1.807, 2.05) is 0 Å². The SMILES string of the molecule is CCNC(=O)Nc1ncnc2c1ncn2[C@@H]1O[C@H](COP(=O)([O-])OP(=O)([O-])CC(N)C(=O)O)C(O)[C@@H]1O. The number of rotatable bonds is 11. The van der Waals surface area contributed by atoms with Gasteiger partial charge >= 0.3 is 12.0 Å². The first-order chi connectivity index (χ1) is 17.2. The molecule has 1 fully saturated rings. The molecule has 0 spiro atoms. The summed E-state index contributed by atoms with van der Waals surface area (Å²) in [5.41, 5.74) is 5.27. The van der Waals surface area contributed by atoms with Gasteiger partial charge in [-0.1, -0.05) is 0 Å². The number of amides is 2. The maximum atomic E-state index is 12.0. The topological polar surface area (TPSA) is 296 Å². The van der Waals surface area contributed by atoms with Crippen LogP contribution in [-0.4, -0.2) is 90.5 Å². The number of ether oxygens (including phenoxy) is 1. The average Bonchev–Trinajstić information content (AvgIpc) is 3.33. The summed E-state index contributed by atoms with van der Waals surface area (Å²) in [6.07, 6.45) is -5.26. The summed E-state index contributed by atoms with van der Waals surface area (Å²) in [6.45, 7) is 1.08. The molecular formula is C16H23N7O12P2-2. The number of carboxylic acids is 1. The zero-order valence-electron chi connectivity index (χ0n) is 18.9. The number of aromatic nitrogens is 4. The fourth-order valence-electron chi connectivity index (χ4n) is 3.23. The maximum absolute atomic E-state index is 12.0. The number of carbonyl (C=O) groups is 2. The van der Waals surface area contributed by atoms with Crippen LogP contribution in [0.15, 0.2) is 12.7 Å². The lowest BCUT2D eigenvalue weighted by atomic mass is 10.1. The number of carboxylic acid groups (broad SMARTS) is 1. The minimum absolute atomic E-state index is 0.0386. The van der Waals surface area contributed by atoms with E-state index in [9.17, 15) is 38.7 Å². The Morgan fingerprint density at radius 3 is 2.62 bits per heavy atom. The number of fused-ring (bicyclic) bond motifs is 1. The van der Waals surface area contributed by atoms with Gasteiger partial charge in [0.1, 0.15) is 38.3 Å². The second-order valence-corrected chi connectivity index (χ2v) is 11.0. The second kappa shape index (κ2) is 11.4. The number of imidazole rings is 1. The van der Waals surface area contributed by atoms with Gasteiger partial charge in [-0.05, 0) is 6.92 Å². The van der Waals surface area contributed by atoms with Gasteiger partial charge in [0.05, 0.1) is 12.9 Å². The summed E-state index contributed by atoms with van der Waals surface area (Å²) in [7, 11) is -10.9. The highest BCUT2D eigenvalue weighted by molar-refractivity contribution is 7.62. The highest BCUT2D eigenvalue weighted by Crippen LogP contribution is 2.55. The highest BCUT2D eigenvalue weighted by atomic mass is 31.3. The number of phosphoric ester groups is 1. The number of anilines is 1. The first-order valence-corrected chi connectivity index (χ1v) is 13.6. The van der Waals surface area contributed by atoms with E-state index in [-0.39, 0.29) is 17.0 Å². The lowest BCUT2D eigenvalue weighted by Gasteiger charge is -2.32. The van der Waals surface area contributed by atoms with E-state index in [1.165, 1.54) is 10.9 Å². The quantitative estimate of drug-likeness (QED) is 0.148. The molecule has 3 rings (SSSR count). The van der Waals surface area contributed by atoms with Gasteiger partial charge in [-0.2, -0.15) is 0 Å². The van der Waals surface area contributed by atoms with E-state index in [4.69, 9.17) is 15.6 Å². The smallest absolute Gasteiger partial charge is 0.320 e. The van der Waals surface area contributed by atoms with Crippen LogP contribution in [0, 0.1) is 0 Å². The van der Waals surface area contributed by atoms with E-state index >= 15 is 0 Å². The van der Waals surface area contributed by atoms with Crippen molar-refractivity contribution in [2.24, 2.45) is 5.73 Å². The van der Waals surface area contributed by atoms with E-state index in [1.54, 1.807) is 6.92 Å². The van der Waals surface area contributed by atoms with E-state index < -0.39 is 70.8 Å². The van der Waals surface area contributed by atoms with Crippen molar-refractivity contribution in [3.63, 3.8) is 0 Å². The van der Waals surface area contributed by atoms with Gasteiger partial charge in [0.2, 0.25) is 0 Å². The largest absolute Gasteiger partial charge is 0.778 e. The lowest BCUT2D eigenvalue weighted by molar-refractivity contribution is -0.234. The molecule has 0 aliphatic carbocycles. The van der Waals surface area contributed by atoms with Crippen LogP contribution in [0.5, 0.6) is 0 Å². The van der Waals surface area contributed by atoms with E-state index in [0.717, 1.165) is 6.33 Å². The molecule has 4 unspecified atom stereocenters. The van der Waals surface area contributed by atoms with Crippen molar-refractivity contribution in [1.29, 1.82) is 0 Å². The Bertz CT molecular complexity index is 1240. The molecule has 1 saturated heterocycles. The molecule has 37 heavy (non-hydrogen) atoms. The van der Waals surface area contributed by atoms with Crippen molar-refractivity contribution in [1.82, 2.24) is 24.8 Å². The normalized spacial score (nSPS) is 25.8. The Kier molecular flexibility index (Phi) is 8.97. The summed E-state index contributed by atoms with van der Waals surface area (Å²) in [6, 6.07) is -2.50. The predicted molar refractivity (Wildman–Crippen MR) is 117 cm³/mol. The molecule has 1 aliphatic rings. The number of aliphatic carboxylic acids is 1. The van der Waals surface area contributed by atoms with Crippen LogP contribution in [0.4, 0.5) is 10.6 Å². The van der Waals surface area contributed by atoms with Gasteiger partial charge in [0.25, 0.3) is 7.82 Å². The van der Waals surface area contributed by atoms with Crippen LogP contribution in [-0.2, 0) is 27.5 Å². The first-order valence-electron chi connectivity index (χ1n) is 10.4. The van der Waals surface area contributed by atoms with Crippen LogP contribution >= 0.6 is 15.4 Å². The van der Waals surface area contributed by atoms with Gasteiger partial charge < -0.3 is 50.0 Å². The maximum Gasteiger partial charge on any atom is 0.320 e. The number of nitrogens with two attached hydrogens (primary N) is 1. The molecular weight excluding hydrogens is 544 g/mol. The summed E-state index contributed by atoms with van der Waals surface area (Å²) in [4.78, 5) is 58.3. The number of aliphatic hydroxyl groups is 2. The van der Waals surface area contributed by atoms with Crippen LogP contribution in [0.25, 0.3) is 11.2 Å². The van der Waals surface area contributed by atoms with Crippen LogP contribution in [0.1, 0.15) is 13.2 Å². The Balaban J connectivity index is 1.70. The number of phosphoric acid groups is 1. The Labute approximate surface area is 207 Å². The molecule has 2 aromatic heterocycles. The zero-order valence-corrected chi connectivity index (χ0v) is 20.7. The minimum Gasteiger partial charge on any atom is -0.778 e. The van der Waals surface area contributed by atoms with Gasteiger partial charge in [-0.15, -0.1) is 0 Å². The molecule has 2 aromatic rings. The Morgan fingerprint density at radius 1 is 1.27 bits per heavy atom. The second-order valence-electron chi connectivity index (χ2n) is 7.64. The number of hydrogen-bond donors (Lipinski definition) is 6. The standard InChI is InChI=1S/C16H25N7O12P2/c1-2-18-16(28)22-12-9-13(20-5-19-12)23(6-21-9)14-11(25)10(24)8(34-14)3-33-37(31,32)35-36(29,30)4-7(17)15(26)27/h5-8,10-11,14,24-25H,2-4,17H2,1H3,(H,26,27)(H,29,30)(H,31,32)(H2,18,19,20,22,28)/p-2/t7?,8-,10?,11+,14-/m1/s1. The minimum atomic E-state index is -5.58. The number of aliphatic hydroxyl groups excluding tert-OH is 2. The first kappa shape index (κ1) is 29.0. The van der Waals surface area contributed by atoms with Gasteiger partial charge in [-0.3, -0.25) is 23.6 Å². The average molecular weight is 567 g/mol. The number of carbonyl (C=O) groups excluding carboxylic acids is 1. The molecule has 0 saturated carbocycles. The Morgan fingerprint density at radius 2 is 1.97 bits per heavy atom. The molecule has 1 aliphatic heterocycles. The number of hydrogen-bond acceptors (Lipinski definition) is 15. The number of nitrogens with zero attached hydrogens (tertiary/aromatic N) is 4. The molecule has 2 amide bonds. The fraction of sp³-hybridized carbons (Fsp3) is 0.562. The summed E-state index contributed by atoms with van der Waals surface area (Å²) >= 11 is 0. The molecule has 7 N–H and O–H groups in total. The zero-order chi connectivity index (χ0) is 27.5. The van der Waals surface area contributed by atoms with Gasteiger partial charge in [-0.25, -0.2) is 19.7 Å². The van der Waals surface area contributed by atoms with Gasteiger partial charge in [0, 0.05) is 12.7 Å². The van der Waals surface area contributed by atoms with Crippen molar-refractivity contribution in [2.45, 2.75) is 37.5 Å². The molecule has 21 heteroatoms. The monoisotopic (exact) mass is 567 g/mol. The molecule has 0 bridgehead atoms. The molecule has 19 nitrogen and oxygen atoms in total. The summed E-state index contributed by atoms with van der Waals surface area (Å²) in [5, 5.41) is 34.4. The van der Waals surface area contributed by atoms with Crippen molar-refractivity contribution in [3.05, 3.63) is 12.7 Å².